The highest BCUT2D eigenvalue weighted by Gasteiger charge is 2.34. The Labute approximate surface area is 92.4 Å². The molecule has 2 atom stereocenters. The number of hydrogen-bond donors (Lipinski definition) is 0. The van der Waals surface area contributed by atoms with Crippen molar-refractivity contribution >= 4 is 24.9 Å². The third-order valence-corrected chi connectivity index (χ3v) is 3.88. The molecule has 2 unspecified atom stereocenters. The van der Waals surface area contributed by atoms with E-state index in [1.54, 1.807) is 10.9 Å². The molecule has 15 heavy (non-hydrogen) atoms. The van der Waals surface area contributed by atoms with Gasteiger partial charge in [0.1, 0.15) is 0 Å². The Balaban J connectivity index is 2.07. The number of benzene rings is 1. The van der Waals surface area contributed by atoms with Crippen LogP contribution in [-0.4, -0.2) is 14.0 Å². The number of hydrogen-bond acceptors (Lipinski definition) is 0. The van der Waals surface area contributed by atoms with Gasteiger partial charge in [-0.05, 0) is 11.6 Å². The molecule has 1 aromatic rings. The molecule has 3 rings (SSSR count). The van der Waals surface area contributed by atoms with Gasteiger partial charge in [-0.3, -0.25) is 0 Å². The van der Waals surface area contributed by atoms with Crippen molar-refractivity contribution in [3.8, 4) is 0 Å². The van der Waals surface area contributed by atoms with E-state index in [1.165, 1.54) is 7.28 Å². The summed E-state index contributed by atoms with van der Waals surface area (Å²) in [6.07, 6.45) is 9.15. The summed E-state index contributed by atoms with van der Waals surface area (Å²) in [5.74, 6) is 1.43. The highest BCUT2D eigenvalue weighted by atomic mass is 14.1. The monoisotopic (exact) mass is 192 g/mol. The molecule has 0 bridgehead atoms. The van der Waals surface area contributed by atoms with Crippen LogP contribution >= 0.6 is 0 Å². The summed E-state index contributed by atoms with van der Waals surface area (Å²) in [5.41, 5.74) is 3.10. The van der Waals surface area contributed by atoms with Crippen LogP contribution in [-0.2, 0) is 0 Å². The second-order valence-corrected chi connectivity index (χ2v) is 4.70. The topological polar surface area (TPSA) is 0 Å². The van der Waals surface area contributed by atoms with Crippen LogP contribution in [0, 0.1) is 0 Å². The van der Waals surface area contributed by atoms with Crippen LogP contribution in [0.25, 0.3) is 0 Å². The van der Waals surface area contributed by atoms with E-state index in [1.807, 2.05) is 0 Å². The van der Waals surface area contributed by atoms with Crippen molar-refractivity contribution in [3.05, 3.63) is 48.6 Å². The van der Waals surface area contributed by atoms with Gasteiger partial charge in [0.15, 0.2) is 14.0 Å². The highest BCUT2D eigenvalue weighted by molar-refractivity contribution is 6.83. The molecule has 1 aromatic carbocycles. The molecule has 0 saturated heterocycles. The smallest absolute Gasteiger partial charge is 0.0893 e. The van der Waals surface area contributed by atoms with Gasteiger partial charge in [0, 0.05) is 0 Å². The fraction of sp³-hybridized carbons (Fsp3) is 0.231. The molecular weight excluding hydrogens is 178 g/mol. The van der Waals surface area contributed by atoms with Crippen LogP contribution < -0.4 is 10.9 Å². The minimum absolute atomic E-state index is 0.668. The van der Waals surface area contributed by atoms with Crippen molar-refractivity contribution in [1.29, 1.82) is 0 Å². The Kier molecular flexibility index (Phi) is 2.09. The summed E-state index contributed by atoms with van der Waals surface area (Å²) < 4.78 is 0. The molecule has 1 heterocycles. The van der Waals surface area contributed by atoms with E-state index >= 15 is 0 Å². The van der Waals surface area contributed by atoms with Crippen molar-refractivity contribution in [2.24, 2.45) is 0 Å². The summed E-state index contributed by atoms with van der Waals surface area (Å²) in [4.78, 5) is 0. The first-order chi connectivity index (χ1) is 7.36. The van der Waals surface area contributed by atoms with Gasteiger partial charge in [0.05, 0.1) is 0 Å². The number of rotatable bonds is 0. The second kappa shape index (κ2) is 3.44. The van der Waals surface area contributed by atoms with Gasteiger partial charge in [-0.2, -0.15) is 0 Å². The summed E-state index contributed by atoms with van der Waals surface area (Å²) >= 11 is 0. The van der Waals surface area contributed by atoms with Crippen LogP contribution in [0.3, 0.4) is 0 Å². The zero-order valence-electron chi connectivity index (χ0n) is 9.06. The lowest BCUT2D eigenvalue weighted by Gasteiger charge is -2.34. The predicted octanol–water partition coefficient (Wildman–Crippen LogP) is 1.38. The maximum atomic E-state index is 2.38. The Hall–Kier alpha value is -1.17. The van der Waals surface area contributed by atoms with Crippen molar-refractivity contribution in [2.45, 2.75) is 18.5 Å². The van der Waals surface area contributed by atoms with Crippen molar-refractivity contribution in [2.75, 3.05) is 0 Å². The largest absolute Gasteiger partial charge is 0.178 e. The summed E-state index contributed by atoms with van der Waals surface area (Å²) in [6.45, 7) is 3.03. The molecule has 0 spiro atoms. The van der Waals surface area contributed by atoms with E-state index in [4.69, 9.17) is 0 Å². The van der Waals surface area contributed by atoms with Crippen LogP contribution in [0.15, 0.2) is 48.6 Å². The fourth-order valence-corrected chi connectivity index (χ4v) is 3.04. The average Bonchev–Trinajstić information content (AvgIpc) is 2.30. The molecule has 2 aliphatic rings. The molecule has 0 radical (unpaired) electrons. The number of fused-ring (bicyclic) bond motifs is 2. The molecule has 0 N–H and O–H groups in total. The van der Waals surface area contributed by atoms with Crippen LogP contribution in [0.5, 0.6) is 0 Å². The van der Waals surface area contributed by atoms with E-state index in [2.05, 4.69) is 55.4 Å². The highest BCUT2D eigenvalue weighted by Crippen LogP contribution is 2.34. The lowest BCUT2D eigenvalue weighted by molar-refractivity contribution is 0.985. The number of allylic oxidation sites excluding steroid dienone is 4. The van der Waals surface area contributed by atoms with E-state index < -0.39 is 0 Å². The maximum absolute atomic E-state index is 2.38. The molecule has 0 fully saturated rings. The lowest BCUT2D eigenvalue weighted by Crippen LogP contribution is -2.51. The SMILES string of the molecule is CB1c2ccccc2BC2C=CC=CC12. The molecule has 1 aliphatic heterocycles. The van der Waals surface area contributed by atoms with Gasteiger partial charge in [0.2, 0.25) is 0 Å². The van der Waals surface area contributed by atoms with Crippen molar-refractivity contribution in [3.63, 3.8) is 0 Å². The van der Waals surface area contributed by atoms with Gasteiger partial charge >= 0.3 is 0 Å². The predicted molar refractivity (Wildman–Crippen MR) is 70.3 cm³/mol. The van der Waals surface area contributed by atoms with Gasteiger partial charge in [-0.25, -0.2) is 0 Å². The molecule has 0 amide bonds. The second-order valence-electron chi connectivity index (χ2n) is 4.70. The minimum atomic E-state index is 0.668. The molecule has 2 heteroatoms. The molecule has 1 aliphatic carbocycles. The molecule has 0 saturated carbocycles. The third-order valence-electron chi connectivity index (χ3n) is 3.88. The summed E-state index contributed by atoms with van der Waals surface area (Å²) in [7, 11) is 1.21. The lowest BCUT2D eigenvalue weighted by atomic mass is 9.25. The average molecular weight is 192 g/mol. The molecule has 72 valence electrons. The standard InChI is InChI=1S/C13H14B2/c1-15-12-8-4-2-6-10(12)14-11-7-3-5-9-13(11)15/h2-10,12,14H,1H3. The minimum Gasteiger partial charge on any atom is -0.0893 e. The van der Waals surface area contributed by atoms with Gasteiger partial charge < -0.3 is 0 Å². The Morgan fingerprint density at radius 1 is 1.13 bits per heavy atom. The van der Waals surface area contributed by atoms with Gasteiger partial charge in [-0.15, -0.1) is 0 Å². The Morgan fingerprint density at radius 3 is 2.87 bits per heavy atom. The van der Waals surface area contributed by atoms with Crippen LogP contribution in [0.1, 0.15) is 0 Å². The first-order valence-electron chi connectivity index (χ1n) is 5.79. The van der Waals surface area contributed by atoms with Crippen molar-refractivity contribution in [1.82, 2.24) is 0 Å². The van der Waals surface area contributed by atoms with E-state index in [9.17, 15) is 0 Å². The maximum Gasteiger partial charge on any atom is 0.178 e. The van der Waals surface area contributed by atoms with Crippen LogP contribution in [0.4, 0.5) is 0 Å². The summed E-state index contributed by atoms with van der Waals surface area (Å²) in [5, 5.41) is 0. The molecular formula is C13H14B2. The van der Waals surface area contributed by atoms with Gasteiger partial charge in [0.25, 0.3) is 0 Å². The van der Waals surface area contributed by atoms with E-state index in [0.717, 1.165) is 5.82 Å². The molecule has 0 aromatic heterocycles. The quantitative estimate of drug-likeness (QED) is 0.544. The zero-order chi connectivity index (χ0) is 10.3. The van der Waals surface area contributed by atoms with Crippen LogP contribution in [0.2, 0.25) is 18.5 Å². The zero-order valence-corrected chi connectivity index (χ0v) is 9.06. The Morgan fingerprint density at radius 2 is 1.93 bits per heavy atom. The van der Waals surface area contributed by atoms with E-state index in [-0.39, 0.29) is 0 Å². The first kappa shape index (κ1) is 9.08. The fourth-order valence-electron chi connectivity index (χ4n) is 3.04. The molecule has 0 nitrogen and oxygen atoms in total. The summed E-state index contributed by atoms with van der Waals surface area (Å²) in [6, 6.07) is 8.91. The Bertz CT molecular complexity index is 434. The first-order valence-corrected chi connectivity index (χ1v) is 5.79. The van der Waals surface area contributed by atoms with Crippen molar-refractivity contribution < 1.29 is 0 Å². The normalized spacial score (nSPS) is 26.9. The van der Waals surface area contributed by atoms with E-state index in [0.29, 0.717) is 12.5 Å². The third kappa shape index (κ3) is 1.40. The van der Waals surface area contributed by atoms with Gasteiger partial charge in [-0.1, -0.05) is 66.3 Å².